The fourth-order valence-corrected chi connectivity index (χ4v) is 9.92. The van der Waals surface area contributed by atoms with Crippen LogP contribution in [0.4, 0.5) is 0 Å². The van der Waals surface area contributed by atoms with E-state index >= 15 is 0 Å². The first-order valence-corrected chi connectivity index (χ1v) is 15.6. The molecule has 4 fully saturated rings. The Labute approximate surface area is 183 Å². The highest BCUT2D eigenvalue weighted by atomic mass is 28.3. The van der Waals surface area contributed by atoms with Gasteiger partial charge < -0.3 is 4.43 Å². The summed E-state index contributed by atoms with van der Waals surface area (Å²) in [6.45, 7) is 19.8. The maximum atomic E-state index is 6.94. The monoisotopic (exact) mass is 416 g/mol. The smallest absolute Gasteiger partial charge is 0.171 e. The van der Waals surface area contributed by atoms with Crippen molar-refractivity contribution in [2.45, 2.75) is 112 Å². The fourth-order valence-electron chi connectivity index (χ4n) is 8.85. The molecule has 0 spiro atoms. The fraction of sp³-hybridized carbons (Fsp3) is 0.926. The van der Waals surface area contributed by atoms with E-state index < -0.39 is 9.04 Å². The largest absolute Gasteiger partial charge is 0.417 e. The Hall–Kier alpha value is -0.0831. The summed E-state index contributed by atoms with van der Waals surface area (Å²) in [5.74, 6) is 4.48. The van der Waals surface area contributed by atoms with Crippen LogP contribution < -0.4 is 0 Å². The van der Waals surface area contributed by atoms with Gasteiger partial charge in [0.15, 0.2) is 9.04 Å². The molecule has 0 heterocycles. The molecule has 0 aromatic rings. The van der Waals surface area contributed by atoms with Crippen molar-refractivity contribution in [1.29, 1.82) is 0 Å². The zero-order valence-electron chi connectivity index (χ0n) is 20.7. The summed E-state index contributed by atoms with van der Waals surface area (Å²) in [7, 11) is -1.05. The van der Waals surface area contributed by atoms with Crippen molar-refractivity contribution in [1.82, 2.24) is 0 Å². The summed E-state index contributed by atoms with van der Waals surface area (Å²) in [6, 6.07) is 0. The van der Waals surface area contributed by atoms with E-state index in [0.29, 0.717) is 22.3 Å². The average Bonchev–Trinajstić information content (AvgIpc) is 2.97. The van der Waals surface area contributed by atoms with E-state index in [4.69, 9.17) is 4.43 Å². The molecular weight excluding hydrogens is 368 g/mol. The normalized spacial score (nSPS) is 49.1. The van der Waals surface area contributed by atoms with Crippen LogP contribution in [0.2, 0.25) is 13.1 Å². The van der Waals surface area contributed by atoms with E-state index in [-0.39, 0.29) is 0 Å². The van der Waals surface area contributed by atoms with Gasteiger partial charge in [0, 0.05) is 0 Å². The van der Waals surface area contributed by atoms with E-state index in [1.807, 2.05) is 0 Å². The van der Waals surface area contributed by atoms with E-state index in [0.717, 1.165) is 29.6 Å². The van der Waals surface area contributed by atoms with Crippen molar-refractivity contribution in [3.8, 4) is 0 Å². The quantitative estimate of drug-likeness (QED) is 0.332. The van der Waals surface area contributed by atoms with E-state index in [2.05, 4.69) is 60.7 Å². The summed E-state index contributed by atoms with van der Waals surface area (Å²) in [5, 5.41) is 0. The molecule has 4 aliphatic rings. The molecule has 4 saturated carbocycles. The molecule has 0 aliphatic heterocycles. The van der Waals surface area contributed by atoms with Crippen LogP contribution >= 0.6 is 0 Å². The third-order valence-corrected chi connectivity index (χ3v) is 11.5. The summed E-state index contributed by atoms with van der Waals surface area (Å²) < 4.78 is 6.94. The van der Waals surface area contributed by atoms with Gasteiger partial charge >= 0.3 is 0 Å². The third-order valence-electron chi connectivity index (χ3n) is 10.6. The standard InChI is InChI=1S/C27H48OSi/c1-9-18-11-13-22-21-12-10-19-16-20(25(2,3)4)17-24(28-29(7)8)27(19,6)23(21)14-15-26(18,22)5/h9,19-24,29H,10-17H2,1-8H3/b18-9+/t19?,20?,21-,22-,23-,24?,26+,27-/m0/s1. The first-order valence-electron chi connectivity index (χ1n) is 12.8. The lowest BCUT2D eigenvalue weighted by Gasteiger charge is -2.64. The molecule has 4 aliphatic carbocycles. The summed E-state index contributed by atoms with van der Waals surface area (Å²) in [5.41, 5.74) is 3.12. The van der Waals surface area contributed by atoms with Crippen molar-refractivity contribution in [2.24, 2.45) is 45.8 Å². The molecule has 0 aromatic heterocycles. The van der Waals surface area contributed by atoms with Crippen LogP contribution in [0.1, 0.15) is 92.9 Å². The van der Waals surface area contributed by atoms with Gasteiger partial charge in [-0.25, -0.2) is 0 Å². The van der Waals surface area contributed by atoms with Gasteiger partial charge in [-0.1, -0.05) is 46.3 Å². The van der Waals surface area contributed by atoms with Crippen LogP contribution in [0.3, 0.4) is 0 Å². The molecule has 166 valence electrons. The number of rotatable bonds is 2. The molecule has 2 heteroatoms. The van der Waals surface area contributed by atoms with Crippen molar-refractivity contribution in [3.05, 3.63) is 11.6 Å². The van der Waals surface area contributed by atoms with Crippen LogP contribution in [0.15, 0.2) is 11.6 Å². The molecule has 3 unspecified atom stereocenters. The van der Waals surface area contributed by atoms with Crippen molar-refractivity contribution >= 4 is 9.04 Å². The number of fused-ring (bicyclic) bond motifs is 5. The Morgan fingerprint density at radius 2 is 1.72 bits per heavy atom. The van der Waals surface area contributed by atoms with Crippen LogP contribution in [-0.4, -0.2) is 15.1 Å². The van der Waals surface area contributed by atoms with Crippen molar-refractivity contribution in [3.63, 3.8) is 0 Å². The Balaban J connectivity index is 1.67. The molecular formula is C27H48OSi. The Kier molecular flexibility index (Phi) is 5.72. The van der Waals surface area contributed by atoms with E-state index in [1.165, 1.54) is 51.4 Å². The zero-order chi connectivity index (χ0) is 21.2. The van der Waals surface area contributed by atoms with E-state index in [9.17, 15) is 0 Å². The highest BCUT2D eigenvalue weighted by molar-refractivity contribution is 6.48. The lowest BCUT2D eigenvalue weighted by molar-refractivity contribution is -0.167. The summed E-state index contributed by atoms with van der Waals surface area (Å²) >= 11 is 0. The molecule has 4 rings (SSSR count). The second-order valence-electron chi connectivity index (χ2n) is 13.0. The van der Waals surface area contributed by atoms with Gasteiger partial charge in [0.25, 0.3) is 0 Å². The Bertz CT molecular complexity index is 645. The lowest BCUT2D eigenvalue weighted by atomic mass is 9.43. The van der Waals surface area contributed by atoms with Crippen LogP contribution in [-0.2, 0) is 4.43 Å². The van der Waals surface area contributed by atoms with Crippen LogP contribution in [0.5, 0.6) is 0 Å². The second-order valence-corrected chi connectivity index (χ2v) is 15.4. The van der Waals surface area contributed by atoms with E-state index in [1.54, 1.807) is 5.57 Å². The number of hydrogen-bond donors (Lipinski definition) is 0. The minimum absolute atomic E-state index is 0.412. The van der Waals surface area contributed by atoms with Crippen LogP contribution in [0, 0.1) is 45.8 Å². The highest BCUT2D eigenvalue weighted by Crippen LogP contribution is 2.68. The lowest BCUT2D eigenvalue weighted by Crippen LogP contribution is -2.60. The van der Waals surface area contributed by atoms with Gasteiger partial charge in [0.1, 0.15) is 0 Å². The minimum atomic E-state index is -1.05. The number of hydrogen-bond acceptors (Lipinski definition) is 1. The van der Waals surface area contributed by atoms with Crippen molar-refractivity contribution in [2.75, 3.05) is 0 Å². The molecule has 0 N–H and O–H groups in total. The Morgan fingerprint density at radius 1 is 1.00 bits per heavy atom. The zero-order valence-corrected chi connectivity index (χ0v) is 21.8. The molecule has 0 amide bonds. The Morgan fingerprint density at radius 3 is 2.34 bits per heavy atom. The SMILES string of the molecule is C/C=C1\CC[C@H]2[C@@H]3CCC4CC(C(C)(C)C)CC(O[SiH](C)C)[C@]4(C)[C@H]3CC[C@]12C. The predicted octanol–water partition coefficient (Wildman–Crippen LogP) is 7.62. The first kappa shape index (κ1) is 22.1. The third kappa shape index (κ3) is 3.43. The maximum Gasteiger partial charge on any atom is 0.171 e. The van der Waals surface area contributed by atoms with Gasteiger partial charge in [-0.05, 0) is 117 Å². The molecule has 0 aromatic carbocycles. The molecule has 0 saturated heterocycles. The molecule has 1 nitrogen and oxygen atoms in total. The van der Waals surface area contributed by atoms with Gasteiger partial charge in [-0.3, -0.25) is 0 Å². The van der Waals surface area contributed by atoms with Gasteiger partial charge in [-0.15, -0.1) is 0 Å². The molecule has 8 atom stereocenters. The summed E-state index contributed by atoms with van der Waals surface area (Å²) in [6.07, 6.45) is 14.4. The predicted molar refractivity (Wildman–Crippen MR) is 128 cm³/mol. The molecule has 0 bridgehead atoms. The second kappa shape index (κ2) is 7.50. The highest BCUT2D eigenvalue weighted by Gasteiger charge is 2.62. The minimum Gasteiger partial charge on any atom is -0.417 e. The summed E-state index contributed by atoms with van der Waals surface area (Å²) in [4.78, 5) is 0. The van der Waals surface area contributed by atoms with Gasteiger partial charge in [-0.2, -0.15) is 0 Å². The van der Waals surface area contributed by atoms with Crippen LogP contribution in [0.25, 0.3) is 0 Å². The topological polar surface area (TPSA) is 9.23 Å². The maximum absolute atomic E-state index is 6.94. The van der Waals surface area contributed by atoms with Gasteiger partial charge in [0.2, 0.25) is 0 Å². The molecule has 29 heavy (non-hydrogen) atoms. The first-order chi connectivity index (χ1) is 13.5. The number of allylic oxidation sites excluding steroid dienone is 2. The average molecular weight is 417 g/mol. The van der Waals surface area contributed by atoms with Gasteiger partial charge in [0.05, 0.1) is 6.10 Å². The van der Waals surface area contributed by atoms with Crippen molar-refractivity contribution < 1.29 is 4.43 Å². The molecule has 0 radical (unpaired) electrons.